The molecule has 4 rings (SSSR count). The van der Waals surface area contributed by atoms with Crippen molar-refractivity contribution in [2.24, 2.45) is 5.73 Å². The average molecular weight is 354 g/mol. The van der Waals surface area contributed by atoms with Crippen LogP contribution in [0.3, 0.4) is 0 Å². The topological polar surface area (TPSA) is 64.9 Å². The van der Waals surface area contributed by atoms with Crippen LogP contribution in [0.1, 0.15) is 37.1 Å². The Balaban J connectivity index is 0.00000156. The molecule has 2 heterocycles. The van der Waals surface area contributed by atoms with Gasteiger partial charge in [0.05, 0.1) is 10.4 Å². The summed E-state index contributed by atoms with van der Waals surface area (Å²) in [5.41, 5.74) is 6.88. The van der Waals surface area contributed by atoms with Crippen molar-refractivity contribution in [3.63, 3.8) is 0 Å². The number of halogens is 2. The maximum absolute atomic E-state index is 13.4. The first kappa shape index (κ1) is 16.4. The van der Waals surface area contributed by atoms with E-state index < -0.39 is 5.54 Å². The van der Waals surface area contributed by atoms with Crippen LogP contribution in [0.25, 0.3) is 20.9 Å². The van der Waals surface area contributed by atoms with E-state index in [2.05, 4.69) is 10.1 Å². The van der Waals surface area contributed by atoms with E-state index in [9.17, 15) is 4.39 Å². The van der Waals surface area contributed by atoms with Gasteiger partial charge >= 0.3 is 0 Å². The third-order valence-corrected chi connectivity index (χ3v) is 5.72. The Morgan fingerprint density at radius 3 is 2.78 bits per heavy atom. The molecule has 0 amide bonds. The summed E-state index contributed by atoms with van der Waals surface area (Å²) in [5.74, 6) is 0.826. The zero-order valence-corrected chi connectivity index (χ0v) is 14.3. The fraction of sp³-hybridized carbons (Fsp3) is 0.375. The van der Waals surface area contributed by atoms with Gasteiger partial charge in [-0.2, -0.15) is 4.98 Å². The van der Waals surface area contributed by atoms with E-state index in [1.807, 2.05) is 6.92 Å². The van der Waals surface area contributed by atoms with E-state index in [1.165, 1.54) is 17.4 Å². The molecule has 1 fully saturated rings. The van der Waals surface area contributed by atoms with Crippen LogP contribution in [0.15, 0.2) is 22.7 Å². The van der Waals surface area contributed by atoms with Crippen LogP contribution in [0.2, 0.25) is 0 Å². The second-order valence-corrected chi connectivity index (χ2v) is 7.04. The summed E-state index contributed by atoms with van der Waals surface area (Å²) in [6.07, 6.45) is 3.98. The van der Waals surface area contributed by atoms with Crippen molar-refractivity contribution in [1.82, 2.24) is 10.1 Å². The summed E-state index contributed by atoms with van der Waals surface area (Å²) in [7, 11) is 0. The molecule has 1 aliphatic carbocycles. The van der Waals surface area contributed by atoms with Gasteiger partial charge in [-0.3, -0.25) is 0 Å². The molecule has 0 atom stereocenters. The Labute approximate surface area is 143 Å². The van der Waals surface area contributed by atoms with Gasteiger partial charge in [-0.25, -0.2) is 4.39 Å². The van der Waals surface area contributed by atoms with Crippen LogP contribution < -0.4 is 5.73 Å². The normalized spacial score (nSPS) is 16.7. The van der Waals surface area contributed by atoms with E-state index in [0.29, 0.717) is 11.7 Å². The number of aromatic nitrogens is 2. The monoisotopic (exact) mass is 353 g/mol. The van der Waals surface area contributed by atoms with Crippen molar-refractivity contribution in [3.05, 3.63) is 35.4 Å². The van der Waals surface area contributed by atoms with Gasteiger partial charge in [-0.15, -0.1) is 23.7 Å². The summed E-state index contributed by atoms with van der Waals surface area (Å²) >= 11 is 1.54. The molecule has 122 valence electrons. The molecule has 23 heavy (non-hydrogen) atoms. The van der Waals surface area contributed by atoms with Crippen LogP contribution in [0.4, 0.5) is 4.39 Å². The molecule has 4 nitrogen and oxygen atoms in total. The zero-order chi connectivity index (χ0) is 15.3. The number of nitrogens with two attached hydrogens (primary N) is 1. The minimum Gasteiger partial charge on any atom is -0.333 e. The molecule has 1 saturated carbocycles. The predicted molar refractivity (Wildman–Crippen MR) is 91.4 cm³/mol. The lowest BCUT2D eigenvalue weighted by atomic mass is 9.99. The average Bonchev–Trinajstić information content (AvgIpc) is 3.20. The summed E-state index contributed by atoms with van der Waals surface area (Å²) in [6.45, 7) is 1.95. The summed E-state index contributed by atoms with van der Waals surface area (Å²) in [4.78, 5) is 5.42. The minimum absolute atomic E-state index is 0. The Hall–Kier alpha value is -1.50. The molecule has 1 aliphatic rings. The van der Waals surface area contributed by atoms with E-state index in [1.54, 1.807) is 12.1 Å². The molecule has 0 aliphatic heterocycles. The number of thiophene rings is 1. The highest BCUT2D eigenvalue weighted by atomic mass is 35.5. The van der Waals surface area contributed by atoms with E-state index in [-0.39, 0.29) is 18.2 Å². The molecule has 1 aromatic carbocycles. The Bertz CT molecular complexity index is 854. The van der Waals surface area contributed by atoms with Gasteiger partial charge < -0.3 is 10.3 Å². The van der Waals surface area contributed by atoms with Crippen molar-refractivity contribution in [2.45, 2.75) is 38.1 Å². The second kappa shape index (κ2) is 5.85. The number of fused-ring (bicyclic) bond motifs is 1. The molecule has 0 spiro atoms. The number of nitrogens with zero attached hydrogens (tertiary/aromatic N) is 2. The number of aryl methyl sites for hydroxylation is 1. The maximum Gasteiger partial charge on any atom is 0.268 e. The molecule has 3 aromatic rings. The number of benzene rings is 1. The third-order valence-electron chi connectivity index (χ3n) is 4.46. The first-order valence-electron chi connectivity index (χ1n) is 7.39. The van der Waals surface area contributed by atoms with Crippen LogP contribution >= 0.6 is 23.7 Å². The fourth-order valence-electron chi connectivity index (χ4n) is 3.14. The third kappa shape index (κ3) is 2.65. The maximum atomic E-state index is 13.4. The van der Waals surface area contributed by atoms with Crippen LogP contribution in [-0.2, 0) is 5.54 Å². The smallest absolute Gasteiger partial charge is 0.268 e. The minimum atomic E-state index is -0.460. The molecule has 0 unspecified atom stereocenters. The lowest BCUT2D eigenvalue weighted by Crippen LogP contribution is -2.34. The largest absolute Gasteiger partial charge is 0.333 e. The molecule has 0 bridgehead atoms. The van der Waals surface area contributed by atoms with Crippen molar-refractivity contribution in [3.8, 4) is 10.8 Å². The standard InChI is InChI=1S/C16H16FN3OS.ClH/c1-9-11-8-10(17)4-5-12(11)22-13(9)14-19-15(20-21-14)16(18)6-2-3-7-16;/h4-5,8H,2-3,6-7,18H2,1H3;1H. The van der Waals surface area contributed by atoms with Crippen molar-refractivity contribution in [2.75, 3.05) is 0 Å². The van der Waals surface area contributed by atoms with Gasteiger partial charge in [0.2, 0.25) is 0 Å². The zero-order valence-electron chi connectivity index (χ0n) is 12.6. The highest BCUT2D eigenvalue weighted by Crippen LogP contribution is 2.40. The number of hydrogen-bond acceptors (Lipinski definition) is 5. The number of rotatable bonds is 2. The first-order chi connectivity index (χ1) is 10.6. The number of hydrogen-bond donors (Lipinski definition) is 1. The van der Waals surface area contributed by atoms with E-state index in [0.717, 1.165) is 46.2 Å². The lowest BCUT2D eigenvalue weighted by Gasteiger charge is -2.17. The molecule has 2 aromatic heterocycles. The van der Waals surface area contributed by atoms with Gasteiger partial charge in [-0.05, 0) is 48.9 Å². The van der Waals surface area contributed by atoms with Crippen molar-refractivity contribution < 1.29 is 8.91 Å². The first-order valence-corrected chi connectivity index (χ1v) is 8.21. The summed E-state index contributed by atoms with van der Waals surface area (Å²) < 4.78 is 19.9. The highest BCUT2D eigenvalue weighted by Gasteiger charge is 2.36. The lowest BCUT2D eigenvalue weighted by molar-refractivity contribution is 0.373. The van der Waals surface area contributed by atoms with Gasteiger partial charge in [0.25, 0.3) is 5.89 Å². The van der Waals surface area contributed by atoms with E-state index >= 15 is 0 Å². The van der Waals surface area contributed by atoms with Crippen LogP contribution in [0, 0.1) is 12.7 Å². The van der Waals surface area contributed by atoms with Crippen molar-refractivity contribution >= 4 is 33.8 Å². The fourth-order valence-corrected chi connectivity index (χ4v) is 4.26. The molecule has 0 saturated heterocycles. The summed E-state index contributed by atoms with van der Waals surface area (Å²) in [6, 6.07) is 4.79. The quantitative estimate of drug-likeness (QED) is 0.734. The molecular formula is C16H17ClFN3OS. The van der Waals surface area contributed by atoms with Gasteiger partial charge in [-0.1, -0.05) is 18.0 Å². The molecule has 7 heteroatoms. The van der Waals surface area contributed by atoms with Gasteiger partial charge in [0.15, 0.2) is 5.82 Å². The van der Waals surface area contributed by atoms with Crippen LogP contribution in [0.5, 0.6) is 0 Å². The van der Waals surface area contributed by atoms with Gasteiger partial charge in [0, 0.05) is 4.70 Å². The predicted octanol–water partition coefficient (Wildman–Crippen LogP) is 4.55. The molecular weight excluding hydrogens is 337 g/mol. The van der Waals surface area contributed by atoms with E-state index in [4.69, 9.17) is 10.3 Å². The van der Waals surface area contributed by atoms with Crippen LogP contribution in [-0.4, -0.2) is 10.1 Å². The van der Waals surface area contributed by atoms with Crippen molar-refractivity contribution in [1.29, 1.82) is 0 Å². The molecule has 0 radical (unpaired) electrons. The summed E-state index contributed by atoms with van der Waals surface area (Å²) in [5, 5.41) is 4.99. The Kier molecular flexibility index (Phi) is 4.16. The SMILES string of the molecule is Cc1c(-c2nc(C3(N)CCCC3)no2)sc2ccc(F)cc12.Cl. The molecule has 2 N–H and O–H groups in total. The Morgan fingerprint density at radius 2 is 2.04 bits per heavy atom. The highest BCUT2D eigenvalue weighted by molar-refractivity contribution is 7.22. The van der Waals surface area contributed by atoms with Gasteiger partial charge in [0.1, 0.15) is 5.82 Å². The Morgan fingerprint density at radius 1 is 1.30 bits per heavy atom. The second-order valence-electron chi connectivity index (χ2n) is 5.98.